The summed E-state index contributed by atoms with van der Waals surface area (Å²) in [7, 11) is 0. The molecule has 0 aliphatic rings. The number of aryl methyl sites for hydroxylation is 1. The summed E-state index contributed by atoms with van der Waals surface area (Å²) in [6.07, 6.45) is 1.69. The molecular formula is C17H21N5O4S. The molecule has 0 saturated carbocycles. The lowest BCUT2D eigenvalue weighted by Crippen LogP contribution is -2.32. The maximum atomic E-state index is 12.2. The molecule has 27 heavy (non-hydrogen) atoms. The van der Waals surface area contributed by atoms with Crippen LogP contribution in [0.4, 0.5) is 5.69 Å². The topological polar surface area (TPSA) is 129 Å². The Labute approximate surface area is 160 Å². The smallest absolute Gasteiger partial charge is 0.340 e. The number of para-hydroxylation sites is 1. The summed E-state index contributed by atoms with van der Waals surface area (Å²) in [5, 5.41) is 10.3. The second-order valence-electron chi connectivity index (χ2n) is 5.62. The van der Waals surface area contributed by atoms with Gasteiger partial charge in [-0.05, 0) is 25.5 Å². The van der Waals surface area contributed by atoms with E-state index in [0.29, 0.717) is 12.3 Å². The van der Waals surface area contributed by atoms with E-state index in [-0.39, 0.29) is 28.1 Å². The fourth-order valence-corrected chi connectivity index (χ4v) is 2.69. The van der Waals surface area contributed by atoms with E-state index in [1.54, 1.807) is 24.3 Å². The van der Waals surface area contributed by atoms with Crippen molar-refractivity contribution in [3.05, 3.63) is 45.9 Å². The molecule has 0 fully saturated rings. The van der Waals surface area contributed by atoms with Crippen molar-refractivity contribution in [2.75, 3.05) is 23.5 Å². The van der Waals surface area contributed by atoms with Crippen molar-refractivity contribution in [3.63, 3.8) is 0 Å². The van der Waals surface area contributed by atoms with Gasteiger partial charge < -0.3 is 15.9 Å². The van der Waals surface area contributed by atoms with Crippen LogP contribution in [0.1, 0.15) is 35.8 Å². The number of ether oxygens (including phenoxy) is 1. The highest BCUT2D eigenvalue weighted by Crippen LogP contribution is 2.18. The number of carbonyl (C=O) groups is 2. The van der Waals surface area contributed by atoms with Crippen LogP contribution in [0, 0.1) is 6.92 Å². The van der Waals surface area contributed by atoms with E-state index in [1.807, 2.05) is 6.92 Å². The number of thioether (sulfide) groups is 1. The average Bonchev–Trinajstić information content (AvgIpc) is 2.66. The number of nitrogen functional groups attached to an aromatic ring is 1. The van der Waals surface area contributed by atoms with Gasteiger partial charge in [0, 0.05) is 0 Å². The molecule has 0 unspecified atom stereocenters. The summed E-state index contributed by atoms with van der Waals surface area (Å²) >= 11 is 0.965. The molecule has 0 aliphatic heterocycles. The Kier molecular flexibility index (Phi) is 7.35. The van der Waals surface area contributed by atoms with Crippen LogP contribution in [0.3, 0.4) is 0 Å². The molecule has 0 radical (unpaired) electrons. The molecule has 10 heteroatoms. The van der Waals surface area contributed by atoms with E-state index in [0.717, 1.165) is 29.3 Å². The summed E-state index contributed by atoms with van der Waals surface area (Å²) < 4.78 is 6.04. The van der Waals surface area contributed by atoms with Crippen LogP contribution in [0.15, 0.2) is 34.2 Å². The SMILES string of the molecule is CCCCOC(=O)c1ccccc1NC(=O)CSc1nnc(C)c(=O)n1N. The van der Waals surface area contributed by atoms with Crippen molar-refractivity contribution >= 4 is 29.3 Å². The number of rotatable bonds is 8. The van der Waals surface area contributed by atoms with Crippen molar-refractivity contribution in [1.29, 1.82) is 0 Å². The second-order valence-corrected chi connectivity index (χ2v) is 6.56. The second kappa shape index (κ2) is 9.72. The number of anilines is 1. The first-order valence-electron chi connectivity index (χ1n) is 8.34. The van der Waals surface area contributed by atoms with Gasteiger partial charge in [0.25, 0.3) is 5.56 Å². The van der Waals surface area contributed by atoms with Gasteiger partial charge >= 0.3 is 5.97 Å². The largest absolute Gasteiger partial charge is 0.462 e. The normalized spacial score (nSPS) is 10.4. The average molecular weight is 391 g/mol. The standard InChI is InChI=1S/C17H21N5O4S/c1-3-4-9-26-16(25)12-7-5-6-8-13(12)19-14(23)10-27-17-21-20-11(2)15(24)22(17)18/h5-8H,3-4,9-10,18H2,1-2H3,(H,19,23). The van der Waals surface area contributed by atoms with Crippen LogP contribution < -0.4 is 16.7 Å². The zero-order valence-corrected chi connectivity index (χ0v) is 15.9. The number of nitrogens with two attached hydrogens (primary N) is 1. The van der Waals surface area contributed by atoms with Crippen LogP contribution >= 0.6 is 11.8 Å². The third kappa shape index (κ3) is 5.55. The predicted molar refractivity (Wildman–Crippen MR) is 102 cm³/mol. The molecule has 1 aromatic carbocycles. The molecule has 2 aromatic rings. The van der Waals surface area contributed by atoms with E-state index in [9.17, 15) is 14.4 Å². The number of hydrogen-bond donors (Lipinski definition) is 2. The van der Waals surface area contributed by atoms with Gasteiger partial charge in [0.1, 0.15) is 5.69 Å². The first-order chi connectivity index (χ1) is 12.9. The van der Waals surface area contributed by atoms with Crippen molar-refractivity contribution in [3.8, 4) is 0 Å². The van der Waals surface area contributed by atoms with Crippen LogP contribution in [-0.4, -0.2) is 39.1 Å². The molecule has 9 nitrogen and oxygen atoms in total. The Bertz CT molecular complexity index is 884. The van der Waals surface area contributed by atoms with Crippen molar-refractivity contribution < 1.29 is 14.3 Å². The molecule has 2 rings (SSSR count). The third-order valence-corrected chi connectivity index (χ3v) is 4.45. The minimum atomic E-state index is -0.493. The molecule has 1 heterocycles. The van der Waals surface area contributed by atoms with Gasteiger partial charge in [-0.1, -0.05) is 37.2 Å². The highest BCUT2D eigenvalue weighted by Gasteiger charge is 2.15. The fourth-order valence-electron chi connectivity index (χ4n) is 2.04. The van der Waals surface area contributed by atoms with Crippen molar-refractivity contribution in [2.45, 2.75) is 31.8 Å². The molecule has 0 bridgehead atoms. The summed E-state index contributed by atoms with van der Waals surface area (Å²) in [6.45, 7) is 3.82. The number of unbranched alkanes of at least 4 members (excludes halogenated alkanes) is 1. The van der Waals surface area contributed by atoms with E-state index < -0.39 is 11.5 Å². The number of hydrogen-bond acceptors (Lipinski definition) is 8. The van der Waals surface area contributed by atoms with Crippen LogP contribution in [-0.2, 0) is 9.53 Å². The number of carbonyl (C=O) groups excluding carboxylic acids is 2. The lowest BCUT2D eigenvalue weighted by molar-refractivity contribution is -0.113. The van der Waals surface area contributed by atoms with Crippen molar-refractivity contribution in [1.82, 2.24) is 14.9 Å². The Balaban J connectivity index is 2.01. The number of nitrogens with one attached hydrogen (secondary N) is 1. The molecule has 0 aliphatic carbocycles. The Morgan fingerprint density at radius 2 is 2.04 bits per heavy atom. The summed E-state index contributed by atoms with van der Waals surface area (Å²) in [4.78, 5) is 36.1. The minimum Gasteiger partial charge on any atom is -0.462 e. The maximum Gasteiger partial charge on any atom is 0.340 e. The van der Waals surface area contributed by atoms with E-state index >= 15 is 0 Å². The van der Waals surface area contributed by atoms with Gasteiger partial charge in [-0.3, -0.25) is 9.59 Å². The predicted octanol–water partition coefficient (Wildman–Crippen LogP) is 1.35. The van der Waals surface area contributed by atoms with Crippen molar-refractivity contribution in [2.24, 2.45) is 0 Å². The Hall–Kier alpha value is -2.88. The zero-order chi connectivity index (χ0) is 19.8. The van der Waals surface area contributed by atoms with Crippen LogP contribution in [0.25, 0.3) is 0 Å². The molecule has 1 amide bonds. The molecule has 0 saturated heterocycles. The highest BCUT2D eigenvalue weighted by atomic mass is 32.2. The Morgan fingerprint density at radius 3 is 2.78 bits per heavy atom. The zero-order valence-electron chi connectivity index (χ0n) is 15.1. The summed E-state index contributed by atoms with van der Waals surface area (Å²) in [5.41, 5.74) is 0.317. The lowest BCUT2D eigenvalue weighted by Gasteiger charge is -2.11. The molecular weight excluding hydrogens is 370 g/mol. The lowest BCUT2D eigenvalue weighted by atomic mass is 10.2. The fraction of sp³-hybridized carbons (Fsp3) is 0.353. The Morgan fingerprint density at radius 1 is 1.30 bits per heavy atom. The first-order valence-corrected chi connectivity index (χ1v) is 9.32. The van der Waals surface area contributed by atoms with Gasteiger partial charge in [0.2, 0.25) is 11.1 Å². The number of benzene rings is 1. The number of esters is 1. The monoisotopic (exact) mass is 391 g/mol. The van der Waals surface area contributed by atoms with E-state index in [4.69, 9.17) is 10.6 Å². The van der Waals surface area contributed by atoms with Gasteiger partial charge in [-0.25, -0.2) is 4.79 Å². The quantitative estimate of drug-likeness (QED) is 0.298. The summed E-state index contributed by atoms with van der Waals surface area (Å²) in [5.74, 6) is 4.69. The van der Waals surface area contributed by atoms with Crippen LogP contribution in [0.2, 0.25) is 0 Å². The maximum absolute atomic E-state index is 12.2. The number of nitrogens with zero attached hydrogens (tertiary/aromatic N) is 3. The third-order valence-electron chi connectivity index (χ3n) is 3.50. The number of amides is 1. The molecule has 0 spiro atoms. The highest BCUT2D eigenvalue weighted by molar-refractivity contribution is 7.99. The number of aromatic nitrogens is 3. The molecule has 0 atom stereocenters. The van der Waals surface area contributed by atoms with E-state index in [1.165, 1.54) is 6.92 Å². The summed E-state index contributed by atoms with van der Waals surface area (Å²) in [6, 6.07) is 6.59. The van der Waals surface area contributed by atoms with Gasteiger partial charge in [-0.2, -0.15) is 4.68 Å². The molecule has 3 N–H and O–H groups in total. The van der Waals surface area contributed by atoms with E-state index in [2.05, 4.69) is 15.5 Å². The molecule has 1 aromatic heterocycles. The van der Waals surface area contributed by atoms with Gasteiger partial charge in [0.05, 0.1) is 23.6 Å². The van der Waals surface area contributed by atoms with Crippen LogP contribution in [0.5, 0.6) is 0 Å². The first kappa shape index (κ1) is 20.4. The molecule has 144 valence electrons. The van der Waals surface area contributed by atoms with Gasteiger partial charge in [0.15, 0.2) is 0 Å². The minimum absolute atomic E-state index is 0.0619. The van der Waals surface area contributed by atoms with Gasteiger partial charge in [-0.15, -0.1) is 10.2 Å².